The molecule has 1 N–H and O–H groups in total. The molecule has 0 aliphatic rings. The third-order valence-corrected chi connectivity index (χ3v) is 8.70. The fraction of sp³-hybridized carbons (Fsp3) is 0.375. The molecule has 1 unspecified atom stereocenters. The molecule has 0 radical (unpaired) electrons. The third kappa shape index (κ3) is 8.64. The lowest BCUT2D eigenvalue weighted by Crippen LogP contribution is -2.55. The van der Waals surface area contributed by atoms with E-state index in [-0.39, 0.29) is 33.8 Å². The molecule has 3 aromatic rings. The minimum absolute atomic E-state index is 0.00727. The summed E-state index contributed by atoms with van der Waals surface area (Å²) in [5, 5.41) is 3.22. The standard InChI is InChI=1S/C32H40ClN3O6S/c1-8-27(31(38)34-32(3,4)5)35(20-23-11-14-25(41-6)15-12-23)30(37)21-36(28-19-24(33)13-18-29(28)42-7)43(39,40)26-16-9-22(2)10-17-26/h9-19,27H,8,20-21H2,1-7H3,(H,34,38). The van der Waals surface area contributed by atoms with Crippen molar-refractivity contribution in [2.24, 2.45) is 0 Å². The van der Waals surface area contributed by atoms with Crippen LogP contribution in [-0.2, 0) is 26.2 Å². The Morgan fingerprint density at radius 2 is 1.58 bits per heavy atom. The maximum atomic E-state index is 14.3. The van der Waals surface area contributed by atoms with Gasteiger partial charge in [-0.3, -0.25) is 13.9 Å². The average molecular weight is 630 g/mol. The number of nitrogens with one attached hydrogen (secondary N) is 1. The molecular formula is C32H40ClN3O6S. The SMILES string of the molecule is CCC(C(=O)NC(C)(C)C)N(Cc1ccc(OC)cc1)C(=O)CN(c1cc(Cl)ccc1OC)S(=O)(=O)c1ccc(C)cc1. The Labute approximate surface area is 259 Å². The summed E-state index contributed by atoms with van der Waals surface area (Å²) in [5.41, 5.74) is 1.17. The molecule has 43 heavy (non-hydrogen) atoms. The van der Waals surface area contributed by atoms with E-state index in [2.05, 4.69) is 5.32 Å². The van der Waals surface area contributed by atoms with Gasteiger partial charge >= 0.3 is 0 Å². The summed E-state index contributed by atoms with van der Waals surface area (Å²) < 4.78 is 40.0. The number of sulfonamides is 1. The Bertz CT molecular complexity index is 1520. The third-order valence-electron chi connectivity index (χ3n) is 6.69. The summed E-state index contributed by atoms with van der Waals surface area (Å²) in [7, 11) is -1.32. The number of halogens is 1. The van der Waals surface area contributed by atoms with Gasteiger partial charge in [-0.25, -0.2) is 8.42 Å². The van der Waals surface area contributed by atoms with Crippen LogP contribution in [-0.4, -0.2) is 57.5 Å². The van der Waals surface area contributed by atoms with Crippen molar-refractivity contribution >= 4 is 39.1 Å². The Morgan fingerprint density at radius 1 is 0.953 bits per heavy atom. The molecule has 0 heterocycles. The molecule has 232 valence electrons. The first-order valence-corrected chi connectivity index (χ1v) is 15.7. The first kappa shape index (κ1) is 33.7. The fourth-order valence-electron chi connectivity index (χ4n) is 4.51. The Hall–Kier alpha value is -3.76. The summed E-state index contributed by atoms with van der Waals surface area (Å²) in [4.78, 5) is 29.2. The summed E-state index contributed by atoms with van der Waals surface area (Å²) in [5.74, 6) is -0.0655. The molecule has 0 saturated carbocycles. The zero-order chi connectivity index (χ0) is 31.9. The number of hydrogen-bond donors (Lipinski definition) is 1. The summed E-state index contributed by atoms with van der Waals surface area (Å²) in [6.45, 7) is 8.67. The highest BCUT2D eigenvalue weighted by Gasteiger charge is 2.35. The number of nitrogens with zero attached hydrogens (tertiary/aromatic N) is 2. The number of amides is 2. The highest BCUT2D eigenvalue weighted by Crippen LogP contribution is 2.35. The van der Waals surface area contributed by atoms with Gasteiger partial charge in [0.1, 0.15) is 24.1 Å². The number of carbonyl (C=O) groups excluding carboxylic acids is 2. The minimum Gasteiger partial charge on any atom is -0.497 e. The van der Waals surface area contributed by atoms with Crippen LogP contribution in [0.5, 0.6) is 11.5 Å². The maximum Gasteiger partial charge on any atom is 0.264 e. The molecule has 0 aromatic heterocycles. The van der Waals surface area contributed by atoms with Crippen LogP contribution < -0.4 is 19.1 Å². The predicted molar refractivity (Wildman–Crippen MR) is 169 cm³/mol. The molecule has 0 fully saturated rings. The number of hydrogen-bond acceptors (Lipinski definition) is 6. The van der Waals surface area contributed by atoms with Gasteiger partial charge in [0.15, 0.2) is 0 Å². The van der Waals surface area contributed by atoms with Crippen LogP contribution in [0.1, 0.15) is 45.2 Å². The molecule has 1 atom stereocenters. The monoisotopic (exact) mass is 629 g/mol. The second-order valence-electron chi connectivity index (χ2n) is 11.2. The van der Waals surface area contributed by atoms with Crippen molar-refractivity contribution in [2.45, 2.75) is 64.1 Å². The molecule has 3 rings (SSSR count). The van der Waals surface area contributed by atoms with Crippen LogP contribution in [0.3, 0.4) is 0 Å². The summed E-state index contributed by atoms with van der Waals surface area (Å²) in [6.07, 6.45) is 0.301. The zero-order valence-corrected chi connectivity index (χ0v) is 27.3. The van der Waals surface area contributed by atoms with Crippen LogP contribution >= 0.6 is 11.6 Å². The van der Waals surface area contributed by atoms with Gasteiger partial charge in [0.25, 0.3) is 10.0 Å². The Balaban J connectivity index is 2.13. The number of anilines is 1. The first-order valence-electron chi connectivity index (χ1n) is 13.9. The number of benzene rings is 3. The van der Waals surface area contributed by atoms with Crippen molar-refractivity contribution < 1.29 is 27.5 Å². The van der Waals surface area contributed by atoms with Gasteiger partial charge in [-0.05, 0) is 82.1 Å². The number of methoxy groups -OCH3 is 2. The molecular weight excluding hydrogens is 590 g/mol. The van der Waals surface area contributed by atoms with Crippen LogP contribution in [0.2, 0.25) is 5.02 Å². The molecule has 9 nitrogen and oxygen atoms in total. The molecule has 0 bridgehead atoms. The molecule has 3 aromatic carbocycles. The lowest BCUT2D eigenvalue weighted by Gasteiger charge is -2.35. The fourth-order valence-corrected chi connectivity index (χ4v) is 6.09. The van der Waals surface area contributed by atoms with Crippen molar-refractivity contribution in [1.82, 2.24) is 10.2 Å². The lowest BCUT2D eigenvalue weighted by molar-refractivity contribution is -0.141. The Kier molecular flexibility index (Phi) is 11.1. The number of rotatable bonds is 12. The van der Waals surface area contributed by atoms with Crippen molar-refractivity contribution in [1.29, 1.82) is 0 Å². The quantitative estimate of drug-likeness (QED) is 0.280. The van der Waals surface area contributed by atoms with Gasteiger partial charge in [0, 0.05) is 17.1 Å². The molecule has 11 heteroatoms. The second kappa shape index (κ2) is 14.1. The predicted octanol–water partition coefficient (Wildman–Crippen LogP) is 5.58. The largest absolute Gasteiger partial charge is 0.497 e. The van der Waals surface area contributed by atoms with Crippen molar-refractivity contribution in [3.05, 3.63) is 82.9 Å². The van der Waals surface area contributed by atoms with Crippen molar-refractivity contribution in [2.75, 3.05) is 25.1 Å². The van der Waals surface area contributed by atoms with Crippen molar-refractivity contribution in [3.8, 4) is 11.5 Å². The number of carbonyl (C=O) groups is 2. The van der Waals surface area contributed by atoms with Gasteiger partial charge in [-0.1, -0.05) is 48.4 Å². The molecule has 0 saturated heterocycles. The van der Waals surface area contributed by atoms with Crippen LogP contribution in [0.15, 0.2) is 71.6 Å². The van der Waals surface area contributed by atoms with E-state index in [0.29, 0.717) is 12.2 Å². The minimum atomic E-state index is -4.28. The van der Waals surface area contributed by atoms with Gasteiger partial charge in [0.05, 0.1) is 24.8 Å². The normalized spacial score (nSPS) is 12.3. The van der Waals surface area contributed by atoms with E-state index in [1.807, 2.05) is 34.6 Å². The van der Waals surface area contributed by atoms with Gasteiger partial charge in [-0.2, -0.15) is 0 Å². The topological polar surface area (TPSA) is 105 Å². The molecule has 2 amide bonds. The highest BCUT2D eigenvalue weighted by atomic mass is 35.5. The second-order valence-corrected chi connectivity index (χ2v) is 13.5. The van der Waals surface area contributed by atoms with Gasteiger partial charge < -0.3 is 19.7 Å². The van der Waals surface area contributed by atoms with E-state index in [1.54, 1.807) is 55.6 Å². The van der Waals surface area contributed by atoms with E-state index in [0.717, 1.165) is 15.4 Å². The first-order chi connectivity index (χ1) is 20.2. The highest BCUT2D eigenvalue weighted by molar-refractivity contribution is 7.92. The number of ether oxygens (including phenoxy) is 2. The zero-order valence-electron chi connectivity index (χ0n) is 25.7. The van der Waals surface area contributed by atoms with E-state index in [4.69, 9.17) is 21.1 Å². The lowest BCUT2D eigenvalue weighted by atomic mass is 10.1. The molecule has 0 aliphatic carbocycles. The molecule has 0 aliphatic heterocycles. The maximum absolute atomic E-state index is 14.3. The summed E-state index contributed by atoms with van der Waals surface area (Å²) >= 11 is 6.31. The van der Waals surface area contributed by atoms with Crippen LogP contribution in [0.4, 0.5) is 5.69 Å². The summed E-state index contributed by atoms with van der Waals surface area (Å²) in [6, 6.07) is 17.1. The van der Waals surface area contributed by atoms with E-state index in [1.165, 1.54) is 30.2 Å². The van der Waals surface area contributed by atoms with Crippen molar-refractivity contribution in [3.63, 3.8) is 0 Å². The van der Waals surface area contributed by atoms with Crippen LogP contribution in [0.25, 0.3) is 0 Å². The smallest absolute Gasteiger partial charge is 0.264 e. The van der Waals surface area contributed by atoms with Gasteiger partial charge in [0.2, 0.25) is 11.8 Å². The number of aryl methyl sites for hydroxylation is 1. The van der Waals surface area contributed by atoms with E-state index < -0.39 is 34.1 Å². The van der Waals surface area contributed by atoms with E-state index >= 15 is 0 Å². The average Bonchev–Trinajstić information content (AvgIpc) is 2.95. The Morgan fingerprint density at radius 3 is 2.12 bits per heavy atom. The van der Waals surface area contributed by atoms with Crippen LogP contribution in [0, 0.1) is 6.92 Å². The van der Waals surface area contributed by atoms with E-state index in [9.17, 15) is 18.0 Å². The van der Waals surface area contributed by atoms with Gasteiger partial charge in [-0.15, -0.1) is 0 Å². The molecule has 0 spiro atoms.